The summed E-state index contributed by atoms with van der Waals surface area (Å²) in [5, 5.41) is 2.60. The third-order valence-electron chi connectivity index (χ3n) is 1.63. The highest BCUT2D eigenvalue weighted by Gasteiger charge is 2.23. The molecule has 0 unspecified atom stereocenters. The van der Waals surface area contributed by atoms with Crippen LogP contribution in [0.3, 0.4) is 0 Å². The number of nitrogens with one attached hydrogen (secondary N) is 1. The van der Waals surface area contributed by atoms with E-state index < -0.39 is 0 Å². The zero-order valence-electron chi connectivity index (χ0n) is 7.14. The molecule has 66 valence electrons. The van der Waals surface area contributed by atoms with Crippen LogP contribution >= 0.6 is 24.0 Å². The predicted molar refractivity (Wildman–Crippen MR) is 55.9 cm³/mol. The van der Waals surface area contributed by atoms with Crippen LogP contribution in [-0.2, 0) is 4.79 Å². The second kappa shape index (κ2) is 4.05. The lowest BCUT2D eigenvalue weighted by molar-refractivity contribution is -0.115. The molecule has 1 rings (SSSR count). The minimum atomic E-state index is -0.0315. The third kappa shape index (κ3) is 2.08. The lowest BCUT2D eigenvalue weighted by Gasteiger charge is -1.99. The molecule has 0 aliphatic carbocycles. The summed E-state index contributed by atoms with van der Waals surface area (Å²) in [4.78, 5) is 12.0. The fraction of sp³-hybridized carbons (Fsp3) is 0.500. The zero-order valence-corrected chi connectivity index (χ0v) is 8.77. The molecular weight excluding hydrogens is 190 g/mol. The second-order valence-corrected chi connectivity index (χ2v) is 4.39. The molecule has 0 radical (unpaired) electrons. The molecule has 4 heteroatoms. The van der Waals surface area contributed by atoms with E-state index in [-0.39, 0.29) is 5.91 Å². The van der Waals surface area contributed by atoms with Crippen LogP contribution in [0.15, 0.2) is 10.5 Å². The first-order valence-corrected chi connectivity index (χ1v) is 5.10. The van der Waals surface area contributed by atoms with Gasteiger partial charge in [0.25, 0.3) is 5.91 Å². The summed E-state index contributed by atoms with van der Waals surface area (Å²) >= 11 is 6.25. The minimum Gasteiger partial charge on any atom is -0.307 e. The van der Waals surface area contributed by atoms with E-state index in [4.69, 9.17) is 12.2 Å². The molecule has 1 heterocycles. The maximum absolute atomic E-state index is 11.2. The number of thioether (sulfide) groups is 1. The summed E-state index contributed by atoms with van der Waals surface area (Å²) in [6, 6.07) is 0. The van der Waals surface area contributed by atoms with Crippen molar-refractivity contribution >= 4 is 34.2 Å². The van der Waals surface area contributed by atoms with Crippen molar-refractivity contribution in [3.05, 3.63) is 10.5 Å². The standard InChI is InChI=1S/C8H11NOS2/c1-3-4-5(2)6-7(10)9-8(11)12-6/h3-4H2,1-2H3,(H,9,10,11)/b6-5+. The van der Waals surface area contributed by atoms with Gasteiger partial charge in [0.1, 0.15) is 4.32 Å². The minimum absolute atomic E-state index is 0.0315. The highest BCUT2D eigenvalue weighted by Crippen LogP contribution is 2.28. The highest BCUT2D eigenvalue weighted by molar-refractivity contribution is 8.26. The molecule has 1 fully saturated rings. The van der Waals surface area contributed by atoms with Gasteiger partial charge in [-0.3, -0.25) is 4.79 Å². The van der Waals surface area contributed by atoms with Crippen LogP contribution in [0.1, 0.15) is 26.7 Å². The largest absolute Gasteiger partial charge is 0.307 e. The Labute approximate surface area is 81.8 Å². The molecule has 0 spiro atoms. The summed E-state index contributed by atoms with van der Waals surface area (Å²) < 4.78 is 0.574. The fourth-order valence-corrected chi connectivity index (χ4v) is 2.18. The molecule has 0 aromatic rings. The van der Waals surface area contributed by atoms with Gasteiger partial charge in [-0.15, -0.1) is 0 Å². The Morgan fingerprint density at radius 1 is 1.67 bits per heavy atom. The van der Waals surface area contributed by atoms with Crippen molar-refractivity contribution in [1.82, 2.24) is 5.32 Å². The molecule has 1 aliphatic rings. The van der Waals surface area contributed by atoms with Gasteiger partial charge < -0.3 is 5.32 Å². The average molecular weight is 201 g/mol. The normalized spacial score (nSPS) is 21.2. The van der Waals surface area contributed by atoms with E-state index >= 15 is 0 Å². The molecule has 1 saturated heterocycles. The fourth-order valence-electron chi connectivity index (χ4n) is 1.08. The van der Waals surface area contributed by atoms with Crippen LogP contribution < -0.4 is 5.32 Å². The van der Waals surface area contributed by atoms with E-state index in [0.717, 1.165) is 23.3 Å². The first-order valence-electron chi connectivity index (χ1n) is 3.88. The Bertz CT molecular complexity index is 258. The van der Waals surface area contributed by atoms with Crippen molar-refractivity contribution in [3.63, 3.8) is 0 Å². The van der Waals surface area contributed by atoms with E-state index in [1.54, 1.807) is 0 Å². The quantitative estimate of drug-likeness (QED) is 0.548. The number of hydrogen-bond donors (Lipinski definition) is 1. The molecule has 0 saturated carbocycles. The van der Waals surface area contributed by atoms with Crippen molar-refractivity contribution in [3.8, 4) is 0 Å². The van der Waals surface area contributed by atoms with Crippen LogP contribution in [0, 0.1) is 0 Å². The van der Waals surface area contributed by atoms with E-state index in [1.165, 1.54) is 11.8 Å². The van der Waals surface area contributed by atoms with Crippen molar-refractivity contribution in [2.75, 3.05) is 0 Å². The van der Waals surface area contributed by atoms with Crippen LogP contribution in [0.5, 0.6) is 0 Å². The van der Waals surface area contributed by atoms with E-state index in [0.29, 0.717) is 4.32 Å². The molecule has 1 amide bonds. The lowest BCUT2D eigenvalue weighted by atomic mass is 10.1. The van der Waals surface area contributed by atoms with Crippen LogP contribution in [0.2, 0.25) is 0 Å². The smallest absolute Gasteiger partial charge is 0.263 e. The summed E-state index contributed by atoms with van der Waals surface area (Å²) in [6.07, 6.45) is 2.04. The van der Waals surface area contributed by atoms with Gasteiger partial charge >= 0.3 is 0 Å². The Morgan fingerprint density at radius 3 is 2.75 bits per heavy atom. The van der Waals surface area contributed by atoms with Gasteiger partial charge in [-0.05, 0) is 13.3 Å². The van der Waals surface area contributed by atoms with E-state index in [1.807, 2.05) is 6.92 Å². The van der Waals surface area contributed by atoms with Gasteiger partial charge in [-0.1, -0.05) is 42.9 Å². The molecule has 0 bridgehead atoms. The summed E-state index contributed by atoms with van der Waals surface area (Å²) in [6.45, 7) is 4.08. The van der Waals surface area contributed by atoms with Crippen molar-refractivity contribution in [1.29, 1.82) is 0 Å². The Kier molecular flexibility index (Phi) is 3.29. The average Bonchev–Trinajstić information content (AvgIpc) is 2.30. The molecule has 0 atom stereocenters. The maximum atomic E-state index is 11.2. The summed E-state index contributed by atoms with van der Waals surface area (Å²) in [5.41, 5.74) is 1.14. The summed E-state index contributed by atoms with van der Waals surface area (Å²) in [5.74, 6) is -0.0315. The Morgan fingerprint density at radius 2 is 2.33 bits per heavy atom. The number of carbonyl (C=O) groups excluding carboxylic acids is 1. The third-order valence-corrected chi connectivity index (χ3v) is 3.01. The molecule has 0 aromatic carbocycles. The monoisotopic (exact) mass is 201 g/mol. The molecule has 1 aliphatic heterocycles. The van der Waals surface area contributed by atoms with E-state index in [9.17, 15) is 4.79 Å². The molecule has 1 N–H and O–H groups in total. The zero-order chi connectivity index (χ0) is 9.14. The SMILES string of the molecule is CCC/C(C)=C1/SC(=S)NC1=O. The number of hydrogen-bond acceptors (Lipinski definition) is 3. The van der Waals surface area contributed by atoms with E-state index in [2.05, 4.69) is 12.2 Å². The first kappa shape index (κ1) is 9.74. The van der Waals surface area contributed by atoms with Gasteiger partial charge in [0, 0.05) is 0 Å². The van der Waals surface area contributed by atoms with Gasteiger partial charge in [0.2, 0.25) is 0 Å². The molecule has 0 aromatic heterocycles. The first-order chi connectivity index (χ1) is 5.65. The molecule has 12 heavy (non-hydrogen) atoms. The van der Waals surface area contributed by atoms with Crippen molar-refractivity contribution in [2.24, 2.45) is 0 Å². The van der Waals surface area contributed by atoms with Gasteiger partial charge in [0.05, 0.1) is 4.91 Å². The van der Waals surface area contributed by atoms with Crippen LogP contribution in [0.25, 0.3) is 0 Å². The second-order valence-electron chi connectivity index (χ2n) is 2.70. The van der Waals surface area contributed by atoms with Gasteiger partial charge in [0.15, 0.2) is 0 Å². The number of carbonyl (C=O) groups is 1. The van der Waals surface area contributed by atoms with Crippen LogP contribution in [0.4, 0.5) is 0 Å². The van der Waals surface area contributed by atoms with Gasteiger partial charge in [-0.25, -0.2) is 0 Å². The number of thiocarbonyl (C=S) groups is 1. The number of amides is 1. The van der Waals surface area contributed by atoms with Crippen molar-refractivity contribution in [2.45, 2.75) is 26.7 Å². The van der Waals surface area contributed by atoms with Gasteiger partial charge in [-0.2, -0.15) is 0 Å². The molecular formula is C8H11NOS2. The Balaban J connectivity index is 2.80. The Hall–Kier alpha value is -0.350. The predicted octanol–water partition coefficient (Wildman–Crippen LogP) is 2.21. The number of allylic oxidation sites excluding steroid dienone is 1. The summed E-state index contributed by atoms with van der Waals surface area (Å²) in [7, 11) is 0. The van der Waals surface area contributed by atoms with Crippen molar-refractivity contribution < 1.29 is 4.79 Å². The highest BCUT2D eigenvalue weighted by atomic mass is 32.2. The topological polar surface area (TPSA) is 29.1 Å². The maximum Gasteiger partial charge on any atom is 0.263 e. The lowest BCUT2D eigenvalue weighted by Crippen LogP contribution is -2.18. The van der Waals surface area contributed by atoms with Crippen LogP contribution in [-0.4, -0.2) is 10.2 Å². The molecule has 2 nitrogen and oxygen atoms in total. The number of rotatable bonds is 2.